The van der Waals surface area contributed by atoms with E-state index in [0.29, 0.717) is 6.10 Å². The zero-order valence-electron chi connectivity index (χ0n) is 11.0. The lowest BCUT2D eigenvalue weighted by atomic mass is 9.89. The first-order chi connectivity index (χ1) is 8.93. The molecule has 0 aliphatic heterocycles. The Labute approximate surface area is 110 Å². The van der Waals surface area contributed by atoms with E-state index in [4.69, 9.17) is 4.74 Å². The Morgan fingerprint density at radius 2 is 2.06 bits per heavy atom. The van der Waals surface area contributed by atoms with Crippen molar-refractivity contribution in [2.75, 3.05) is 13.2 Å². The van der Waals surface area contributed by atoms with Crippen LogP contribution in [0.1, 0.15) is 49.3 Å². The first kappa shape index (κ1) is 12.2. The largest absolute Gasteiger partial charge is 0.373 e. The molecular weight excluding hydrogens is 222 g/mol. The highest BCUT2D eigenvalue weighted by atomic mass is 16.5. The van der Waals surface area contributed by atoms with Crippen molar-refractivity contribution in [1.82, 2.24) is 5.32 Å². The molecule has 0 bridgehead atoms. The average molecular weight is 245 g/mol. The van der Waals surface area contributed by atoms with E-state index in [1.54, 1.807) is 0 Å². The zero-order valence-corrected chi connectivity index (χ0v) is 11.0. The number of benzene rings is 1. The molecule has 2 aliphatic carbocycles. The molecule has 1 aromatic carbocycles. The number of ether oxygens (including phenoxy) is 1. The van der Waals surface area contributed by atoms with Gasteiger partial charge in [-0.3, -0.25) is 0 Å². The summed E-state index contributed by atoms with van der Waals surface area (Å²) in [7, 11) is 0. The lowest BCUT2D eigenvalue weighted by Crippen LogP contribution is -2.20. The quantitative estimate of drug-likeness (QED) is 0.777. The third-order valence-electron chi connectivity index (χ3n) is 3.96. The van der Waals surface area contributed by atoms with Crippen LogP contribution in [0.5, 0.6) is 0 Å². The average Bonchev–Trinajstić information content (AvgIpc) is 3.23. The van der Waals surface area contributed by atoms with Crippen LogP contribution in [-0.4, -0.2) is 19.2 Å². The van der Waals surface area contributed by atoms with Crippen molar-refractivity contribution < 1.29 is 4.74 Å². The van der Waals surface area contributed by atoms with Crippen molar-refractivity contribution in [3.63, 3.8) is 0 Å². The van der Waals surface area contributed by atoms with Crippen molar-refractivity contribution in [2.45, 2.75) is 50.7 Å². The highest BCUT2D eigenvalue weighted by Crippen LogP contribution is 2.32. The molecule has 1 N–H and O–H groups in total. The minimum absolute atomic E-state index is 0.343. The van der Waals surface area contributed by atoms with Gasteiger partial charge in [0, 0.05) is 12.6 Å². The molecule has 2 aliphatic rings. The Morgan fingerprint density at radius 3 is 2.94 bits per heavy atom. The standard InChI is InChI=1S/C16H23NO/c1-2-7-15-13(5-1)6-3-8-16(15)18-12-4-11-17-14-9-10-14/h1-2,5,7,14,16-17H,3-4,6,8-12H2. The number of rotatable bonds is 6. The topological polar surface area (TPSA) is 21.3 Å². The Kier molecular flexibility index (Phi) is 3.96. The Bertz CT molecular complexity index is 386. The van der Waals surface area contributed by atoms with E-state index in [2.05, 4.69) is 29.6 Å². The third kappa shape index (κ3) is 3.12. The highest BCUT2D eigenvalue weighted by Gasteiger charge is 2.21. The van der Waals surface area contributed by atoms with Gasteiger partial charge in [0.25, 0.3) is 0 Å². The second-order valence-corrected chi connectivity index (χ2v) is 5.53. The van der Waals surface area contributed by atoms with Gasteiger partial charge in [-0.1, -0.05) is 24.3 Å². The maximum atomic E-state index is 6.07. The number of hydrogen-bond donors (Lipinski definition) is 1. The molecule has 0 amide bonds. The van der Waals surface area contributed by atoms with Gasteiger partial charge in [-0.05, 0) is 56.2 Å². The van der Waals surface area contributed by atoms with Crippen LogP contribution in [0, 0.1) is 0 Å². The summed E-state index contributed by atoms with van der Waals surface area (Å²) in [6.07, 6.45) is 7.90. The van der Waals surface area contributed by atoms with E-state index in [-0.39, 0.29) is 0 Å². The van der Waals surface area contributed by atoms with Gasteiger partial charge in [0.1, 0.15) is 0 Å². The molecule has 0 saturated heterocycles. The molecule has 0 radical (unpaired) electrons. The fourth-order valence-corrected chi connectivity index (χ4v) is 2.77. The van der Waals surface area contributed by atoms with E-state index < -0.39 is 0 Å². The molecule has 0 heterocycles. The van der Waals surface area contributed by atoms with Crippen molar-refractivity contribution >= 4 is 0 Å². The fraction of sp³-hybridized carbons (Fsp3) is 0.625. The first-order valence-corrected chi connectivity index (χ1v) is 7.36. The van der Waals surface area contributed by atoms with Crippen molar-refractivity contribution in [3.8, 4) is 0 Å². The Hall–Kier alpha value is -0.860. The van der Waals surface area contributed by atoms with E-state index in [1.165, 1.54) is 43.2 Å². The molecule has 1 aromatic rings. The van der Waals surface area contributed by atoms with Crippen molar-refractivity contribution in [1.29, 1.82) is 0 Å². The normalized spacial score (nSPS) is 22.8. The SMILES string of the molecule is c1ccc2c(c1)CCCC2OCCCNC1CC1. The van der Waals surface area contributed by atoms with Crippen LogP contribution in [0.25, 0.3) is 0 Å². The molecule has 0 spiro atoms. The summed E-state index contributed by atoms with van der Waals surface area (Å²) < 4.78 is 6.07. The van der Waals surface area contributed by atoms with E-state index in [1.807, 2.05) is 0 Å². The smallest absolute Gasteiger partial charge is 0.0827 e. The molecular formula is C16H23NO. The molecule has 2 heteroatoms. The predicted molar refractivity (Wildman–Crippen MR) is 73.7 cm³/mol. The Balaban J connectivity index is 1.44. The molecule has 2 nitrogen and oxygen atoms in total. The summed E-state index contributed by atoms with van der Waals surface area (Å²) >= 11 is 0. The van der Waals surface area contributed by atoms with E-state index in [9.17, 15) is 0 Å². The van der Waals surface area contributed by atoms with Gasteiger partial charge >= 0.3 is 0 Å². The minimum Gasteiger partial charge on any atom is -0.373 e. The highest BCUT2D eigenvalue weighted by molar-refractivity contribution is 5.31. The number of nitrogens with one attached hydrogen (secondary N) is 1. The van der Waals surface area contributed by atoms with Crippen LogP contribution in [0.4, 0.5) is 0 Å². The van der Waals surface area contributed by atoms with Crippen LogP contribution >= 0.6 is 0 Å². The fourth-order valence-electron chi connectivity index (χ4n) is 2.77. The number of aryl methyl sites for hydroxylation is 1. The zero-order chi connectivity index (χ0) is 12.2. The van der Waals surface area contributed by atoms with Gasteiger partial charge in [0.15, 0.2) is 0 Å². The molecule has 3 rings (SSSR count). The first-order valence-electron chi connectivity index (χ1n) is 7.36. The van der Waals surface area contributed by atoms with Crippen LogP contribution < -0.4 is 5.32 Å². The molecule has 1 unspecified atom stereocenters. The molecule has 0 aromatic heterocycles. The summed E-state index contributed by atoms with van der Waals surface area (Å²) in [5.41, 5.74) is 2.92. The van der Waals surface area contributed by atoms with Crippen LogP contribution in [0.3, 0.4) is 0 Å². The molecule has 1 saturated carbocycles. The monoisotopic (exact) mass is 245 g/mol. The van der Waals surface area contributed by atoms with E-state index >= 15 is 0 Å². The van der Waals surface area contributed by atoms with Gasteiger partial charge in [0.2, 0.25) is 0 Å². The molecule has 1 atom stereocenters. The van der Waals surface area contributed by atoms with Gasteiger partial charge in [-0.2, -0.15) is 0 Å². The third-order valence-corrected chi connectivity index (χ3v) is 3.96. The summed E-state index contributed by atoms with van der Waals surface area (Å²) in [5.74, 6) is 0. The van der Waals surface area contributed by atoms with Gasteiger partial charge < -0.3 is 10.1 Å². The number of fused-ring (bicyclic) bond motifs is 1. The number of hydrogen-bond acceptors (Lipinski definition) is 2. The maximum absolute atomic E-state index is 6.07. The van der Waals surface area contributed by atoms with Crippen molar-refractivity contribution in [3.05, 3.63) is 35.4 Å². The Morgan fingerprint density at radius 1 is 1.17 bits per heavy atom. The van der Waals surface area contributed by atoms with Gasteiger partial charge in [0.05, 0.1) is 6.10 Å². The summed E-state index contributed by atoms with van der Waals surface area (Å²) in [6, 6.07) is 9.58. The molecule has 1 fully saturated rings. The van der Waals surface area contributed by atoms with Crippen LogP contribution in [0.15, 0.2) is 24.3 Å². The molecule has 98 valence electrons. The van der Waals surface area contributed by atoms with Gasteiger partial charge in [-0.25, -0.2) is 0 Å². The second kappa shape index (κ2) is 5.85. The van der Waals surface area contributed by atoms with E-state index in [0.717, 1.165) is 25.6 Å². The lowest BCUT2D eigenvalue weighted by Gasteiger charge is -2.25. The maximum Gasteiger partial charge on any atom is 0.0827 e. The summed E-state index contributed by atoms with van der Waals surface area (Å²) in [5, 5.41) is 3.53. The molecule has 18 heavy (non-hydrogen) atoms. The predicted octanol–water partition coefficient (Wildman–Crippen LogP) is 3.22. The second-order valence-electron chi connectivity index (χ2n) is 5.53. The lowest BCUT2D eigenvalue weighted by molar-refractivity contribution is 0.0393. The van der Waals surface area contributed by atoms with Crippen molar-refractivity contribution in [2.24, 2.45) is 0 Å². The summed E-state index contributed by atoms with van der Waals surface area (Å²) in [6.45, 7) is 2.00. The van der Waals surface area contributed by atoms with Crippen LogP contribution in [0.2, 0.25) is 0 Å². The van der Waals surface area contributed by atoms with Crippen LogP contribution in [-0.2, 0) is 11.2 Å². The summed E-state index contributed by atoms with van der Waals surface area (Å²) in [4.78, 5) is 0. The minimum atomic E-state index is 0.343. The van der Waals surface area contributed by atoms with Gasteiger partial charge in [-0.15, -0.1) is 0 Å².